The number of aromatic nitrogens is 4. The van der Waals surface area contributed by atoms with Crippen LogP contribution in [0.25, 0.3) is 0 Å². The standard InChI is InChI=1S/C13H15N5O2/c1-8-2-5-11(14)10(6-8)13(19)20-7-12-15-16-17-18(12)9-3-4-9/h2,5-6,9H,3-4,7,14H2,1H3. The molecular weight excluding hydrogens is 258 g/mol. The van der Waals surface area contributed by atoms with Crippen molar-refractivity contribution in [2.75, 3.05) is 5.73 Å². The van der Waals surface area contributed by atoms with Gasteiger partial charge in [-0.2, -0.15) is 0 Å². The van der Waals surface area contributed by atoms with Crippen LogP contribution < -0.4 is 5.73 Å². The third kappa shape index (κ3) is 2.47. The van der Waals surface area contributed by atoms with Crippen LogP contribution in [0.2, 0.25) is 0 Å². The summed E-state index contributed by atoms with van der Waals surface area (Å²) >= 11 is 0. The lowest BCUT2D eigenvalue weighted by molar-refractivity contribution is 0.0457. The van der Waals surface area contributed by atoms with Crippen molar-refractivity contribution < 1.29 is 9.53 Å². The van der Waals surface area contributed by atoms with Gasteiger partial charge in [0.25, 0.3) is 0 Å². The number of tetrazole rings is 1. The van der Waals surface area contributed by atoms with Crippen molar-refractivity contribution >= 4 is 11.7 Å². The fraction of sp³-hybridized carbons (Fsp3) is 0.385. The molecule has 0 amide bonds. The highest BCUT2D eigenvalue weighted by molar-refractivity contribution is 5.95. The van der Waals surface area contributed by atoms with E-state index in [-0.39, 0.29) is 6.61 Å². The molecule has 0 unspecified atom stereocenters. The average Bonchev–Trinajstić information content (AvgIpc) is 3.18. The summed E-state index contributed by atoms with van der Waals surface area (Å²) in [4.78, 5) is 12.0. The Morgan fingerprint density at radius 3 is 3.05 bits per heavy atom. The number of hydrogen-bond donors (Lipinski definition) is 1. The maximum Gasteiger partial charge on any atom is 0.340 e. The number of carbonyl (C=O) groups excluding carboxylic acids is 1. The van der Waals surface area contributed by atoms with Gasteiger partial charge in [-0.3, -0.25) is 0 Å². The Bertz CT molecular complexity index is 648. The molecule has 0 spiro atoms. The molecule has 0 saturated heterocycles. The van der Waals surface area contributed by atoms with E-state index in [0.29, 0.717) is 23.1 Å². The number of ether oxygens (including phenoxy) is 1. The number of benzene rings is 1. The molecule has 2 aromatic rings. The molecule has 0 atom stereocenters. The van der Waals surface area contributed by atoms with E-state index in [9.17, 15) is 4.79 Å². The van der Waals surface area contributed by atoms with Gasteiger partial charge in [0.05, 0.1) is 11.6 Å². The molecule has 1 aliphatic rings. The third-order valence-electron chi connectivity index (χ3n) is 3.21. The summed E-state index contributed by atoms with van der Waals surface area (Å²) in [7, 11) is 0. The molecule has 2 N–H and O–H groups in total. The van der Waals surface area contributed by atoms with Crippen LogP contribution in [0.3, 0.4) is 0 Å². The highest BCUT2D eigenvalue weighted by Gasteiger charge is 2.28. The average molecular weight is 273 g/mol. The predicted octanol–water partition coefficient (Wildman–Crippen LogP) is 1.26. The second-order valence-corrected chi connectivity index (χ2v) is 4.94. The SMILES string of the molecule is Cc1ccc(N)c(C(=O)OCc2nnnn2C2CC2)c1. The number of aryl methyl sites for hydroxylation is 1. The van der Waals surface area contributed by atoms with Crippen molar-refractivity contribution in [3.05, 3.63) is 35.2 Å². The topological polar surface area (TPSA) is 95.9 Å². The van der Waals surface area contributed by atoms with Crippen LogP contribution >= 0.6 is 0 Å². The van der Waals surface area contributed by atoms with Crippen LogP contribution in [0.15, 0.2) is 18.2 Å². The Hall–Kier alpha value is -2.44. The van der Waals surface area contributed by atoms with E-state index in [0.717, 1.165) is 18.4 Å². The van der Waals surface area contributed by atoms with Crippen molar-refractivity contribution in [1.82, 2.24) is 20.2 Å². The van der Waals surface area contributed by atoms with Gasteiger partial charge in [0.15, 0.2) is 12.4 Å². The van der Waals surface area contributed by atoms with Gasteiger partial charge in [-0.15, -0.1) is 5.10 Å². The van der Waals surface area contributed by atoms with E-state index in [2.05, 4.69) is 15.5 Å². The molecule has 7 nitrogen and oxygen atoms in total. The summed E-state index contributed by atoms with van der Waals surface area (Å²) in [6.07, 6.45) is 2.13. The molecule has 1 aromatic heterocycles. The Balaban J connectivity index is 1.70. The molecule has 7 heteroatoms. The van der Waals surface area contributed by atoms with Crippen LogP contribution in [-0.4, -0.2) is 26.2 Å². The van der Waals surface area contributed by atoms with E-state index >= 15 is 0 Å². The van der Waals surface area contributed by atoms with Gasteiger partial charge in [0, 0.05) is 5.69 Å². The highest BCUT2D eigenvalue weighted by atomic mass is 16.5. The molecule has 20 heavy (non-hydrogen) atoms. The molecule has 1 heterocycles. The monoisotopic (exact) mass is 273 g/mol. The lowest BCUT2D eigenvalue weighted by atomic mass is 10.1. The second-order valence-electron chi connectivity index (χ2n) is 4.94. The van der Waals surface area contributed by atoms with Gasteiger partial charge in [-0.1, -0.05) is 11.6 Å². The molecule has 1 fully saturated rings. The maximum absolute atomic E-state index is 12.0. The predicted molar refractivity (Wildman–Crippen MR) is 70.8 cm³/mol. The van der Waals surface area contributed by atoms with Crippen molar-refractivity contribution in [3.8, 4) is 0 Å². The Labute approximate surface area is 115 Å². The van der Waals surface area contributed by atoms with Crippen LogP contribution in [0.1, 0.15) is 40.6 Å². The Kier molecular flexibility index (Phi) is 3.09. The summed E-state index contributed by atoms with van der Waals surface area (Å²) in [6.45, 7) is 1.94. The van der Waals surface area contributed by atoms with Crippen molar-refractivity contribution in [1.29, 1.82) is 0 Å². The largest absolute Gasteiger partial charge is 0.454 e. The van der Waals surface area contributed by atoms with E-state index in [1.165, 1.54) is 0 Å². The van der Waals surface area contributed by atoms with Crippen LogP contribution in [0.5, 0.6) is 0 Å². The smallest absolute Gasteiger partial charge is 0.340 e. The van der Waals surface area contributed by atoms with E-state index in [1.807, 2.05) is 13.0 Å². The minimum atomic E-state index is -0.462. The van der Waals surface area contributed by atoms with E-state index < -0.39 is 5.97 Å². The number of anilines is 1. The quantitative estimate of drug-likeness (QED) is 0.665. The summed E-state index contributed by atoms with van der Waals surface area (Å²) in [6, 6.07) is 5.60. The molecule has 0 bridgehead atoms. The van der Waals surface area contributed by atoms with Crippen molar-refractivity contribution in [2.45, 2.75) is 32.4 Å². The first kappa shape index (κ1) is 12.6. The first-order valence-corrected chi connectivity index (χ1v) is 6.45. The summed E-state index contributed by atoms with van der Waals surface area (Å²) in [5.41, 5.74) is 7.51. The first-order chi connectivity index (χ1) is 9.65. The Morgan fingerprint density at radius 1 is 1.50 bits per heavy atom. The normalized spacial score (nSPS) is 14.2. The number of hydrogen-bond acceptors (Lipinski definition) is 6. The molecule has 1 aromatic carbocycles. The van der Waals surface area contributed by atoms with Gasteiger partial charge in [-0.25, -0.2) is 9.48 Å². The fourth-order valence-electron chi connectivity index (χ4n) is 1.96. The van der Waals surface area contributed by atoms with Crippen molar-refractivity contribution in [2.24, 2.45) is 0 Å². The number of nitrogen functional groups attached to an aromatic ring is 1. The molecule has 1 saturated carbocycles. The zero-order chi connectivity index (χ0) is 14.1. The molecule has 0 radical (unpaired) electrons. The van der Waals surface area contributed by atoms with Gasteiger partial charge in [0.2, 0.25) is 0 Å². The maximum atomic E-state index is 12.0. The van der Waals surface area contributed by atoms with Gasteiger partial charge >= 0.3 is 5.97 Å². The minimum absolute atomic E-state index is 0.0513. The lowest BCUT2D eigenvalue weighted by Gasteiger charge is -2.07. The highest BCUT2D eigenvalue weighted by Crippen LogP contribution is 2.34. The summed E-state index contributed by atoms with van der Waals surface area (Å²) in [5, 5.41) is 11.4. The number of esters is 1. The minimum Gasteiger partial charge on any atom is -0.454 e. The molecule has 104 valence electrons. The molecule has 0 aliphatic heterocycles. The molecular formula is C13H15N5O2. The third-order valence-corrected chi connectivity index (χ3v) is 3.21. The summed E-state index contributed by atoms with van der Waals surface area (Å²) < 4.78 is 6.96. The summed E-state index contributed by atoms with van der Waals surface area (Å²) in [5.74, 6) is 0.101. The second kappa shape index (κ2) is 4.92. The van der Waals surface area contributed by atoms with Gasteiger partial charge in [-0.05, 0) is 42.3 Å². The molecule has 3 rings (SSSR count). The van der Waals surface area contributed by atoms with Crippen LogP contribution in [-0.2, 0) is 11.3 Å². The fourth-order valence-corrected chi connectivity index (χ4v) is 1.96. The first-order valence-electron chi connectivity index (χ1n) is 6.45. The number of rotatable bonds is 4. The number of nitrogens with zero attached hydrogens (tertiary/aromatic N) is 4. The zero-order valence-corrected chi connectivity index (χ0v) is 11.1. The van der Waals surface area contributed by atoms with E-state index in [1.54, 1.807) is 16.8 Å². The van der Waals surface area contributed by atoms with E-state index in [4.69, 9.17) is 10.5 Å². The van der Waals surface area contributed by atoms with Crippen molar-refractivity contribution in [3.63, 3.8) is 0 Å². The Morgan fingerprint density at radius 2 is 2.30 bits per heavy atom. The number of carbonyl (C=O) groups is 1. The van der Waals surface area contributed by atoms with Gasteiger partial charge in [0.1, 0.15) is 0 Å². The number of nitrogens with two attached hydrogens (primary N) is 1. The van der Waals surface area contributed by atoms with Crippen LogP contribution in [0, 0.1) is 6.92 Å². The molecule has 1 aliphatic carbocycles. The van der Waals surface area contributed by atoms with Gasteiger partial charge < -0.3 is 10.5 Å². The lowest BCUT2D eigenvalue weighted by Crippen LogP contribution is -2.12. The zero-order valence-electron chi connectivity index (χ0n) is 11.1. The van der Waals surface area contributed by atoms with Crippen LogP contribution in [0.4, 0.5) is 5.69 Å².